The smallest absolute Gasteiger partial charge is 0.174 e. The number of hydrogen-bond acceptors (Lipinski definition) is 7. The van der Waals surface area contributed by atoms with Crippen LogP contribution in [0.3, 0.4) is 0 Å². The van der Waals surface area contributed by atoms with Crippen molar-refractivity contribution in [3.63, 3.8) is 0 Å². The van der Waals surface area contributed by atoms with E-state index in [0.717, 1.165) is 41.7 Å². The number of Topliss-reactive ketones (excluding diaryl/α,β-unsaturated/α-hetero) is 1. The maximum absolute atomic E-state index is 13.4. The summed E-state index contributed by atoms with van der Waals surface area (Å²) in [6.45, 7) is 10.7. The fourth-order valence-electron chi connectivity index (χ4n) is 5.32. The van der Waals surface area contributed by atoms with Crippen LogP contribution in [-0.2, 0) is 19.4 Å². The number of ketones is 1. The third kappa shape index (κ3) is 7.87. The monoisotopic (exact) mass is 554 g/mol. The average Bonchev–Trinajstić information content (AvgIpc) is 2.84. The summed E-state index contributed by atoms with van der Waals surface area (Å²) in [4.78, 5) is 13.4. The van der Waals surface area contributed by atoms with E-state index < -0.39 is 17.3 Å². The number of hydrogen-bond donors (Lipinski definition) is 4. The number of aliphatic hydroxyl groups excluding tert-OH is 1. The Bertz CT molecular complexity index is 1250. The van der Waals surface area contributed by atoms with Crippen LogP contribution in [0.25, 0.3) is 0 Å². The van der Waals surface area contributed by atoms with Crippen molar-refractivity contribution in [3.05, 3.63) is 63.2 Å². The molecule has 4 N–H and O–H groups in total. The molecule has 1 atom stereocenters. The lowest BCUT2D eigenvalue weighted by atomic mass is 9.87. The number of fused-ring (bicyclic) bond motifs is 1. The first-order valence-electron chi connectivity index (χ1n) is 14.1. The summed E-state index contributed by atoms with van der Waals surface area (Å²) in [5.74, 6) is 0.585. The average molecular weight is 555 g/mol. The van der Waals surface area contributed by atoms with Crippen molar-refractivity contribution in [2.45, 2.75) is 110 Å². The molecule has 0 spiro atoms. The van der Waals surface area contributed by atoms with Crippen molar-refractivity contribution >= 4 is 5.78 Å². The van der Waals surface area contributed by atoms with Gasteiger partial charge in [0.2, 0.25) is 0 Å². The summed E-state index contributed by atoms with van der Waals surface area (Å²) in [6.07, 6.45) is 5.38. The highest BCUT2D eigenvalue weighted by Gasteiger charge is 2.34. The van der Waals surface area contributed by atoms with Gasteiger partial charge in [-0.05, 0) is 103 Å². The number of benzene rings is 2. The third-order valence-electron chi connectivity index (χ3n) is 7.60. The number of allylic oxidation sites excluding steroid dienone is 2. The topological polar surface area (TPSA) is 116 Å². The molecule has 220 valence electrons. The second-order valence-corrected chi connectivity index (χ2v) is 12.3. The Morgan fingerprint density at radius 2 is 1.80 bits per heavy atom. The van der Waals surface area contributed by atoms with Crippen LogP contribution in [-0.4, -0.2) is 44.5 Å². The molecule has 0 aliphatic carbocycles. The van der Waals surface area contributed by atoms with E-state index in [1.165, 1.54) is 5.57 Å². The van der Waals surface area contributed by atoms with Crippen LogP contribution in [0.2, 0.25) is 0 Å². The van der Waals surface area contributed by atoms with Gasteiger partial charge < -0.3 is 29.9 Å². The van der Waals surface area contributed by atoms with E-state index in [9.17, 15) is 25.2 Å². The quantitative estimate of drug-likeness (QED) is 0.236. The Morgan fingerprint density at radius 3 is 2.40 bits per heavy atom. The number of aliphatic hydroxyl groups is 3. The lowest BCUT2D eigenvalue weighted by Gasteiger charge is -2.30. The van der Waals surface area contributed by atoms with Gasteiger partial charge in [0.25, 0.3) is 0 Å². The maximum atomic E-state index is 13.4. The molecule has 0 unspecified atom stereocenters. The first kappa shape index (κ1) is 31.7. The Hall–Kier alpha value is -2.87. The Labute approximate surface area is 238 Å². The second-order valence-electron chi connectivity index (χ2n) is 12.3. The van der Waals surface area contributed by atoms with Crippen molar-refractivity contribution in [2.24, 2.45) is 0 Å². The number of rotatable bonds is 12. The van der Waals surface area contributed by atoms with E-state index in [2.05, 4.69) is 13.0 Å². The molecule has 1 aliphatic rings. The van der Waals surface area contributed by atoms with Gasteiger partial charge in [0.1, 0.15) is 28.9 Å². The highest BCUT2D eigenvalue weighted by Crippen LogP contribution is 2.45. The summed E-state index contributed by atoms with van der Waals surface area (Å²) in [5, 5.41) is 41.3. The molecule has 2 aromatic carbocycles. The number of ether oxygens (including phenoxy) is 2. The summed E-state index contributed by atoms with van der Waals surface area (Å²) >= 11 is 0. The van der Waals surface area contributed by atoms with Crippen LogP contribution in [0, 0.1) is 6.92 Å². The zero-order valence-electron chi connectivity index (χ0n) is 25.1. The predicted molar refractivity (Wildman–Crippen MR) is 156 cm³/mol. The van der Waals surface area contributed by atoms with Gasteiger partial charge in [-0.3, -0.25) is 4.79 Å². The zero-order valence-corrected chi connectivity index (χ0v) is 25.1. The zero-order chi connectivity index (χ0) is 29.8. The largest absolute Gasteiger partial charge is 0.507 e. The van der Waals surface area contributed by atoms with Gasteiger partial charge in [0, 0.05) is 11.1 Å². The highest BCUT2D eigenvalue weighted by atomic mass is 16.5. The molecule has 1 aliphatic heterocycles. The molecule has 0 radical (unpaired) electrons. The van der Waals surface area contributed by atoms with Gasteiger partial charge >= 0.3 is 0 Å². The molecule has 0 saturated carbocycles. The molecule has 7 nitrogen and oxygen atoms in total. The van der Waals surface area contributed by atoms with Gasteiger partial charge in [0.15, 0.2) is 5.78 Å². The third-order valence-corrected chi connectivity index (χ3v) is 7.60. The van der Waals surface area contributed by atoms with E-state index in [0.29, 0.717) is 30.4 Å². The van der Waals surface area contributed by atoms with Gasteiger partial charge in [0.05, 0.1) is 31.3 Å². The van der Waals surface area contributed by atoms with Gasteiger partial charge in [-0.15, -0.1) is 0 Å². The highest BCUT2D eigenvalue weighted by molar-refractivity contribution is 6.03. The molecule has 1 heterocycles. The molecular weight excluding hydrogens is 508 g/mol. The number of aryl methyl sites for hydroxylation is 1. The maximum Gasteiger partial charge on any atom is 0.174 e. The SMILES string of the molecule is COc1c(C)ccc([C@@H]2CC(=O)c3c(cc(CO)c(CCC(C)(C)O)c3O)O2)c1C/C=C(\C)CCCC(C)(C)O. The van der Waals surface area contributed by atoms with Crippen LogP contribution in [0.1, 0.15) is 111 Å². The Morgan fingerprint density at radius 1 is 1.12 bits per heavy atom. The summed E-state index contributed by atoms with van der Waals surface area (Å²) in [6, 6.07) is 5.56. The predicted octanol–water partition coefficient (Wildman–Crippen LogP) is 6.04. The van der Waals surface area contributed by atoms with Crippen LogP contribution in [0.15, 0.2) is 29.8 Å². The molecular formula is C33H46O7. The van der Waals surface area contributed by atoms with E-state index in [1.807, 2.05) is 32.9 Å². The van der Waals surface area contributed by atoms with E-state index in [4.69, 9.17) is 9.47 Å². The molecule has 0 bridgehead atoms. The Balaban J connectivity index is 1.95. The minimum atomic E-state index is -0.955. The number of carbonyl (C=O) groups excluding carboxylic acids is 1. The number of phenols is 1. The van der Waals surface area contributed by atoms with Crippen molar-refractivity contribution in [2.75, 3.05) is 7.11 Å². The number of aromatic hydroxyl groups is 1. The Kier molecular flexibility index (Phi) is 10.1. The van der Waals surface area contributed by atoms with Crippen molar-refractivity contribution in [1.29, 1.82) is 0 Å². The van der Waals surface area contributed by atoms with Crippen molar-refractivity contribution < 1.29 is 34.7 Å². The fraction of sp³-hybridized carbons (Fsp3) is 0.545. The first-order valence-corrected chi connectivity index (χ1v) is 14.1. The van der Waals surface area contributed by atoms with Crippen LogP contribution in [0.4, 0.5) is 0 Å². The molecule has 0 saturated heterocycles. The molecule has 3 rings (SSSR count). The molecule has 0 aromatic heterocycles. The molecule has 0 amide bonds. The molecule has 2 aromatic rings. The van der Waals surface area contributed by atoms with Crippen molar-refractivity contribution in [1.82, 2.24) is 0 Å². The lowest BCUT2D eigenvalue weighted by Crippen LogP contribution is -2.23. The van der Waals surface area contributed by atoms with Crippen LogP contribution in [0.5, 0.6) is 17.2 Å². The van der Waals surface area contributed by atoms with Gasteiger partial charge in [-0.2, -0.15) is 0 Å². The summed E-state index contributed by atoms with van der Waals surface area (Å²) in [7, 11) is 1.64. The molecule has 7 heteroatoms. The lowest BCUT2D eigenvalue weighted by molar-refractivity contribution is 0.0687. The van der Waals surface area contributed by atoms with Gasteiger partial charge in [-0.25, -0.2) is 0 Å². The molecule has 0 fully saturated rings. The molecule has 40 heavy (non-hydrogen) atoms. The van der Waals surface area contributed by atoms with E-state index in [1.54, 1.807) is 27.0 Å². The number of carbonyl (C=O) groups is 1. The normalized spacial score (nSPS) is 16.1. The minimum Gasteiger partial charge on any atom is -0.507 e. The van der Waals surface area contributed by atoms with E-state index in [-0.39, 0.29) is 35.9 Å². The number of phenolic OH excluding ortho intramolecular Hbond substituents is 1. The fourth-order valence-corrected chi connectivity index (χ4v) is 5.32. The van der Waals surface area contributed by atoms with Gasteiger partial charge in [-0.1, -0.05) is 23.8 Å². The standard InChI is InChI=1S/C33H46O7/c1-20(9-8-15-32(3,4)37)10-12-25-24(13-11-21(2)31(25)39-7)27-18-26(35)29-28(40-27)17-22(19-34)23(30(29)36)14-16-33(5,6)38/h10-11,13,17,27,34,36-38H,8-9,12,14-16,18-19H2,1-7H3/b20-10+/t27-/m0/s1. The minimum absolute atomic E-state index is 0.0530. The number of methoxy groups -OCH3 is 1. The summed E-state index contributed by atoms with van der Waals surface area (Å²) in [5.41, 5.74) is 3.40. The van der Waals surface area contributed by atoms with Crippen molar-refractivity contribution in [3.8, 4) is 17.2 Å². The summed E-state index contributed by atoms with van der Waals surface area (Å²) < 4.78 is 12.1. The van der Waals surface area contributed by atoms with Crippen LogP contribution >= 0.6 is 0 Å². The first-order chi connectivity index (χ1) is 18.6. The second kappa shape index (κ2) is 12.8. The van der Waals surface area contributed by atoms with Crippen LogP contribution < -0.4 is 9.47 Å². The van der Waals surface area contributed by atoms with E-state index >= 15 is 0 Å².